The van der Waals surface area contributed by atoms with Crippen molar-refractivity contribution in [2.24, 2.45) is 5.10 Å². The molecule has 0 saturated heterocycles. The molecule has 25 heavy (non-hydrogen) atoms. The summed E-state index contributed by atoms with van der Waals surface area (Å²) in [6, 6.07) is 15.2. The maximum absolute atomic E-state index is 13.0. The quantitative estimate of drug-likeness (QED) is 0.579. The zero-order chi connectivity index (χ0) is 17.8. The second-order valence-corrected chi connectivity index (χ2v) is 5.47. The number of benzene rings is 2. The van der Waals surface area contributed by atoms with Crippen LogP contribution in [0.1, 0.15) is 28.6 Å². The van der Waals surface area contributed by atoms with Crippen LogP contribution in [-0.2, 0) is 0 Å². The summed E-state index contributed by atoms with van der Waals surface area (Å²) < 4.78 is 18.1. The normalized spacial score (nSPS) is 11.4. The fourth-order valence-corrected chi connectivity index (χ4v) is 2.38. The third-order valence-electron chi connectivity index (χ3n) is 3.72. The smallest absolute Gasteiger partial charge is 0.277 e. The Morgan fingerprint density at radius 1 is 1.12 bits per heavy atom. The average Bonchev–Trinajstić information content (AvgIpc) is 3.02. The van der Waals surface area contributed by atoms with Gasteiger partial charge >= 0.3 is 0 Å². The molecule has 0 spiro atoms. The first-order valence-corrected chi connectivity index (χ1v) is 7.68. The van der Waals surface area contributed by atoms with E-state index in [1.54, 1.807) is 26.0 Å². The van der Waals surface area contributed by atoms with Crippen LogP contribution in [0.5, 0.6) is 0 Å². The van der Waals surface area contributed by atoms with E-state index in [-0.39, 0.29) is 5.82 Å². The van der Waals surface area contributed by atoms with Crippen molar-refractivity contribution in [3.8, 4) is 11.3 Å². The van der Waals surface area contributed by atoms with Crippen molar-refractivity contribution in [2.75, 3.05) is 0 Å². The lowest BCUT2D eigenvalue weighted by Gasteiger charge is -2.04. The van der Waals surface area contributed by atoms with Gasteiger partial charge in [-0.1, -0.05) is 47.6 Å². The number of hydrogen-bond acceptors (Lipinski definition) is 4. The molecule has 1 N–H and O–H groups in total. The molecule has 0 unspecified atom stereocenters. The van der Waals surface area contributed by atoms with Gasteiger partial charge in [0.05, 0.1) is 5.71 Å². The van der Waals surface area contributed by atoms with Crippen LogP contribution in [0.2, 0.25) is 0 Å². The molecule has 0 bridgehead atoms. The molecule has 0 aliphatic heterocycles. The van der Waals surface area contributed by atoms with Gasteiger partial charge in [0.2, 0.25) is 0 Å². The Labute approximate surface area is 144 Å². The van der Waals surface area contributed by atoms with E-state index < -0.39 is 5.91 Å². The number of aryl methyl sites for hydroxylation is 1. The summed E-state index contributed by atoms with van der Waals surface area (Å²) in [5.74, 6) is -0.335. The predicted molar refractivity (Wildman–Crippen MR) is 92.8 cm³/mol. The molecule has 0 aliphatic rings. The summed E-state index contributed by atoms with van der Waals surface area (Å²) in [5, 5.41) is 8.06. The van der Waals surface area contributed by atoms with Crippen LogP contribution in [0, 0.1) is 12.7 Å². The summed E-state index contributed by atoms with van der Waals surface area (Å²) in [7, 11) is 0. The summed E-state index contributed by atoms with van der Waals surface area (Å²) in [6.45, 7) is 3.40. The fraction of sp³-hybridized carbons (Fsp3) is 0.105. The molecule has 0 fully saturated rings. The van der Waals surface area contributed by atoms with Gasteiger partial charge in [0.15, 0.2) is 0 Å². The highest BCUT2D eigenvalue weighted by molar-refractivity contribution is 6.03. The van der Waals surface area contributed by atoms with Gasteiger partial charge in [-0.15, -0.1) is 0 Å². The highest BCUT2D eigenvalue weighted by Gasteiger charge is 2.21. The van der Waals surface area contributed by atoms with Crippen LogP contribution in [0.25, 0.3) is 11.3 Å². The molecule has 126 valence electrons. The number of nitrogens with one attached hydrogen (secondary N) is 1. The topological polar surface area (TPSA) is 67.5 Å². The van der Waals surface area contributed by atoms with Gasteiger partial charge in [-0.2, -0.15) is 5.10 Å². The largest absolute Gasteiger partial charge is 0.360 e. The molecule has 5 nitrogen and oxygen atoms in total. The third-order valence-corrected chi connectivity index (χ3v) is 3.72. The molecule has 0 radical (unpaired) electrons. The number of amides is 1. The maximum atomic E-state index is 13.0. The Morgan fingerprint density at radius 2 is 1.80 bits per heavy atom. The zero-order valence-corrected chi connectivity index (χ0v) is 13.8. The number of nitrogens with zero attached hydrogens (tertiary/aromatic N) is 2. The lowest BCUT2D eigenvalue weighted by molar-refractivity contribution is 0.0954. The molecule has 0 aliphatic carbocycles. The molecule has 3 aromatic rings. The molecular weight excluding hydrogens is 321 g/mol. The second-order valence-electron chi connectivity index (χ2n) is 5.47. The Morgan fingerprint density at radius 3 is 2.48 bits per heavy atom. The van der Waals surface area contributed by atoms with Gasteiger partial charge in [-0.25, -0.2) is 9.82 Å². The summed E-state index contributed by atoms with van der Waals surface area (Å²) in [4.78, 5) is 12.5. The molecule has 2 aromatic carbocycles. The van der Waals surface area contributed by atoms with E-state index in [2.05, 4.69) is 15.7 Å². The minimum Gasteiger partial charge on any atom is -0.360 e. The van der Waals surface area contributed by atoms with Crippen molar-refractivity contribution in [1.29, 1.82) is 0 Å². The number of hydrogen-bond donors (Lipinski definition) is 1. The van der Waals surface area contributed by atoms with Crippen molar-refractivity contribution in [3.63, 3.8) is 0 Å². The summed E-state index contributed by atoms with van der Waals surface area (Å²) in [5.41, 5.74) is 5.36. The molecule has 0 saturated carbocycles. The molecular formula is C19H16FN3O2. The zero-order valence-electron chi connectivity index (χ0n) is 13.8. The van der Waals surface area contributed by atoms with Gasteiger partial charge in [0, 0.05) is 5.56 Å². The van der Waals surface area contributed by atoms with Gasteiger partial charge in [-0.05, 0) is 31.5 Å². The maximum Gasteiger partial charge on any atom is 0.277 e. The van der Waals surface area contributed by atoms with Crippen LogP contribution >= 0.6 is 0 Å². The van der Waals surface area contributed by atoms with Gasteiger partial charge in [0.25, 0.3) is 5.91 Å². The molecule has 1 heterocycles. The van der Waals surface area contributed by atoms with Gasteiger partial charge < -0.3 is 4.52 Å². The minimum absolute atomic E-state index is 0.326. The minimum atomic E-state index is -0.418. The number of hydrazone groups is 1. The molecule has 1 aromatic heterocycles. The van der Waals surface area contributed by atoms with Crippen molar-refractivity contribution >= 4 is 11.6 Å². The van der Waals surface area contributed by atoms with Crippen molar-refractivity contribution in [1.82, 2.24) is 10.6 Å². The first-order chi connectivity index (χ1) is 12.1. The van der Waals surface area contributed by atoms with Crippen LogP contribution in [-0.4, -0.2) is 16.8 Å². The SMILES string of the molecule is C/C(=N\NC(=O)c1c(-c2ccccc2)noc1C)c1ccc(F)cc1. The lowest BCUT2D eigenvalue weighted by atomic mass is 10.1. The highest BCUT2D eigenvalue weighted by atomic mass is 19.1. The Kier molecular flexibility index (Phi) is 4.70. The molecule has 0 atom stereocenters. The van der Waals surface area contributed by atoms with E-state index >= 15 is 0 Å². The molecule has 3 rings (SSSR count). The van der Waals surface area contributed by atoms with Crippen molar-refractivity contribution < 1.29 is 13.7 Å². The van der Waals surface area contributed by atoms with Crippen LogP contribution < -0.4 is 5.43 Å². The highest BCUT2D eigenvalue weighted by Crippen LogP contribution is 2.24. The Balaban J connectivity index is 1.83. The molecule has 1 amide bonds. The van der Waals surface area contributed by atoms with E-state index in [1.807, 2.05) is 30.3 Å². The number of rotatable bonds is 4. The number of carbonyl (C=O) groups is 1. The summed E-state index contributed by atoms with van der Waals surface area (Å²) >= 11 is 0. The van der Waals surface area contributed by atoms with Crippen LogP contribution in [0.3, 0.4) is 0 Å². The van der Waals surface area contributed by atoms with Gasteiger partial charge in [0.1, 0.15) is 22.8 Å². The van der Waals surface area contributed by atoms with E-state index in [0.29, 0.717) is 28.3 Å². The van der Waals surface area contributed by atoms with E-state index in [0.717, 1.165) is 5.56 Å². The number of carbonyl (C=O) groups excluding carboxylic acids is 1. The van der Waals surface area contributed by atoms with Crippen molar-refractivity contribution in [3.05, 3.63) is 77.3 Å². The first kappa shape index (κ1) is 16.6. The average molecular weight is 337 g/mol. The molecule has 6 heteroatoms. The first-order valence-electron chi connectivity index (χ1n) is 7.68. The Hall–Kier alpha value is -3.28. The van der Waals surface area contributed by atoms with Crippen molar-refractivity contribution in [2.45, 2.75) is 13.8 Å². The van der Waals surface area contributed by atoms with E-state index in [4.69, 9.17) is 4.52 Å². The summed E-state index contributed by atoms with van der Waals surface area (Å²) in [6.07, 6.45) is 0. The van der Waals surface area contributed by atoms with E-state index in [9.17, 15) is 9.18 Å². The van der Waals surface area contributed by atoms with Crippen LogP contribution in [0.4, 0.5) is 4.39 Å². The van der Waals surface area contributed by atoms with Crippen LogP contribution in [0.15, 0.2) is 64.2 Å². The lowest BCUT2D eigenvalue weighted by Crippen LogP contribution is -2.20. The third kappa shape index (κ3) is 3.63. The van der Waals surface area contributed by atoms with Gasteiger partial charge in [-0.3, -0.25) is 4.79 Å². The Bertz CT molecular complexity index is 916. The van der Waals surface area contributed by atoms with E-state index in [1.165, 1.54) is 12.1 Å². The standard InChI is InChI=1S/C19H16FN3O2/c1-12(14-8-10-16(20)11-9-14)21-22-19(24)17-13(2)25-23-18(17)15-6-4-3-5-7-15/h3-11H,1-2H3,(H,22,24)/b21-12+. The fourth-order valence-electron chi connectivity index (χ4n) is 2.38. The number of halogens is 1. The monoisotopic (exact) mass is 337 g/mol. The number of aromatic nitrogens is 1. The predicted octanol–water partition coefficient (Wildman–Crippen LogP) is 3.94. The second kappa shape index (κ2) is 7.09.